The Bertz CT molecular complexity index is 1100. The van der Waals surface area contributed by atoms with Crippen LogP contribution in [-0.2, 0) is 16.3 Å². The van der Waals surface area contributed by atoms with Crippen LogP contribution < -0.4 is 15.8 Å². The maximum absolute atomic E-state index is 13.3. The van der Waals surface area contributed by atoms with Crippen LogP contribution in [0, 0.1) is 6.92 Å². The largest absolute Gasteiger partial charge is 0.497 e. The number of nitrogens with one attached hydrogen (secondary N) is 1. The molecule has 2 unspecified atom stereocenters. The number of hydrogen-bond acceptors (Lipinski definition) is 8. The Morgan fingerprint density at radius 3 is 2.58 bits per heavy atom. The van der Waals surface area contributed by atoms with Crippen LogP contribution in [0.5, 0.6) is 5.75 Å². The molecular weight excluding hydrogens is 432 g/mol. The van der Waals surface area contributed by atoms with Gasteiger partial charge in [0.05, 0.1) is 12.0 Å². The summed E-state index contributed by atoms with van der Waals surface area (Å²) in [6.45, 7) is 3.98. The Balaban J connectivity index is 1.81. The smallest absolute Gasteiger partial charge is 0.203 e. The zero-order chi connectivity index (χ0) is 22.4. The summed E-state index contributed by atoms with van der Waals surface area (Å²) in [5.41, 5.74) is 8.39. The second-order valence-electron chi connectivity index (χ2n) is 7.44. The number of benzene rings is 2. The van der Waals surface area contributed by atoms with E-state index in [1.165, 1.54) is 12.7 Å². The molecule has 3 rings (SSSR count). The fourth-order valence-electron chi connectivity index (χ4n) is 3.16. The van der Waals surface area contributed by atoms with Gasteiger partial charge in [0, 0.05) is 24.0 Å². The van der Waals surface area contributed by atoms with Crippen LogP contribution in [0.2, 0.25) is 0 Å². The van der Waals surface area contributed by atoms with Crippen molar-refractivity contribution in [2.24, 2.45) is 5.73 Å². The van der Waals surface area contributed by atoms with Crippen molar-refractivity contribution in [3.05, 3.63) is 65.5 Å². The van der Waals surface area contributed by atoms with E-state index in [9.17, 15) is 8.42 Å². The SMILES string of the molecule is CCC(N)CC(Nc1nc(Cc2cccc(C)c2)ns1)S(=O)(=O)c1ccc(OC)cc1. The fourth-order valence-corrected chi connectivity index (χ4v) is 5.49. The lowest BCUT2D eigenvalue weighted by Gasteiger charge is -2.21. The van der Waals surface area contributed by atoms with Gasteiger partial charge in [-0.05, 0) is 49.6 Å². The number of nitrogens with zero attached hydrogens (tertiary/aromatic N) is 2. The molecular formula is C22H28N4O3S2. The zero-order valence-electron chi connectivity index (χ0n) is 17.9. The molecule has 0 aliphatic carbocycles. The van der Waals surface area contributed by atoms with Gasteiger partial charge in [0.2, 0.25) is 5.13 Å². The molecule has 0 saturated heterocycles. The molecule has 3 N–H and O–H groups in total. The minimum Gasteiger partial charge on any atom is -0.497 e. The molecule has 0 fully saturated rings. The Morgan fingerprint density at radius 1 is 1.19 bits per heavy atom. The van der Waals surface area contributed by atoms with E-state index in [2.05, 4.69) is 20.7 Å². The third kappa shape index (κ3) is 6.03. The average molecular weight is 461 g/mol. The molecule has 2 atom stereocenters. The van der Waals surface area contributed by atoms with Gasteiger partial charge in [0.25, 0.3) is 0 Å². The molecule has 0 aliphatic rings. The third-order valence-electron chi connectivity index (χ3n) is 5.00. The number of aryl methyl sites for hydroxylation is 1. The number of hydrogen-bond donors (Lipinski definition) is 2. The monoisotopic (exact) mass is 460 g/mol. The van der Waals surface area contributed by atoms with Crippen LogP contribution in [0.1, 0.15) is 36.7 Å². The Kier molecular flexibility index (Phi) is 7.64. The molecule has 9 heteroatoms. The first-order valence-corrected chi connectivity index (χ1v) is 12.4. The summed E-state index contributed by atoms with van der Waals surface area (Å²) in [4.78, 5) is 4.72. The molecule has 0 saturated carbocycles. The number of aromatic nitrogens is 2. The molecule has 1 heterocycles. The van der Waals surface area contributed by atoms with E-state index < -0.39 is 15.2 Å². The van der Waals surface area contributed by atoms with Crippen molar-refractivity contribution in [2.75, 3.05) is 12.4 Å². The first-order chi connectivity index (χ1) is 14.8. The molecule has 0 spiro atoms. The van der Waals surface area contributed by atoms with E-state index in [1.54, 1.807) is 24.3 Å². The number of sulfone groups is 1. The van der Waals surface area contributed by atoms with Gasteiger partial charge < -0.3 is 15.8 Å². The summed E-state index contributed by atoms with van der Waals surface area (Å²) in [5.74, 6) is 1.25. The third-order valence-corrected chi connectivity index (χ3v) is 7.67. The van der Waals surface area contributed by atoms with Gasteiger partial charge in [0.15, 0.2) is 9.84 Å². The highest BCUT2D eigenvalue weighted by atomic mass is 32.2. The Hall–Kier alpha value is -2.49. The Labute approximate surface area is 187 Å². The average Bonchev–Trinajstić information content (AvgIpc) is 3.20. The van der Waals surface area contributed by atoms with Crippen LogP contribution in [0.25, 0.3) is 0 Å². The lowest BCUT2D eigenvalue weighted by atomic mass is 10.1. The van der Waals surface area contributed by atoms with Crippen LogP contribution in [0.15, 0.2) is 53.4 Å². The summed E-state index contributed by atoms with van der Waals surface area (Å²) in [6.07, 6.45) is 1.52. The summed E-state index contributed by atoms with van der Waals surface area (Å²) in [7, 11) is -2.15. The van der Waals surface area contributed by atoms with E-state index in [-0.39, 0.29) is 17.4 Å². The molecule has 2 aromatic carbocycles. The van der Waals surface area contributed by atoms with Crippen molar-refractivity contribution in [2.45, 2.75) is 49.4 Å². The van der Waals surface area contributed by atoms with Gasteiger partial charge >= 0.3 is 0 Å². The molecule has 0 bridgehead atoms. The molecule has 1 aromatic heterocycles. The van der Waals surface area contributed by atoms with Crippen molar-refractivity contribution in [3.8, 4) is 5.75 Å². The first kappa shape index (κ1) is 23.2. The predicted octanol–water partition coefficient (Wildman–Crippen LogP) is 3.79. The number of ether oxygens (including phenoxy) is 1. The summed E-state index contributed by atoms with van der Waals surface area (Å²) in [6, 6.07) is 14.3. The highest BCUT2D eigenvalue weighted by Gasteiger charge is 2.30. The minimum absolute atomic E-state index is 0.207. The van der Waals surface area contributed by atoms with Crippen molar-refractivity contribution < 1.29 is 13.2 Å². The van der Waals surface area contributed by atoms with Crippen LogP contribution in [-0.4, -0.2) is 36.3 Å². The first-order valence-electron chi connectivity index (χ1n) is 10.1. The molecule has 0 radical (unpaired) electrons. The number of anilines is 1. The second-order valence-corrected chi connectivity index (χ2v) is 10.3. The van der Waals surface area contributed by atoms with Gasteiger partial charge in [-0.3, -0.25) is 0 Å². The summed E-state index contributed by atoms with van der Waals surface area (Å²) >= 11 is 1.16. The summed E-state index contributed by atoms with van der Waals surface area (Å²) < 4.78 is 36.2. The van der Waals surface area contributed by atoms with Gasteiger partial charge in [-0.25, -0.2) is 13.4 Å². The van der Waals surface area contributed by atoms with Crippen molar-refractivity contribution >= 4 is 26.5 Å². The predicted molar refractivity (Wildman–Crippen MR) is 124 cm³/mol. The zero-order valence-corrected chi connectivity index (χ0v) is 19.5. The highest BCUT2D eigenvalue weighted by molar-refractivity contribution is 7.92. The van der Waals surface area contributed by atoms with Gasteiger partial charge in [-0.1, -0.05) is 36.8 Å². The molecule has 3 aromatic rings. The van der Waals surface area contributed by atoms with Crippen molar-refractivity contribution in [1.82, 2.24) is 9.36 Å². The van der Waals surface area contributed by atoms with E-state index in [1.807, 2.05) is 32.0 Å². The maximum atomic E-state index is 13.3. The standard InChI is InChI=1S/C22H28N4O3S2/c1-4-17(23)14-21(31(27,28)19-10-8-18(29-3)9-11-19)25-22-24-20(26-30-22)13-16-7-5-6-15(2)12-16/h5-12,17,21H,4,13-14,23H2,1-3H3,(H,24,25,26). The van der Waals surface area contributed by atoms with Crippen LogP contribution in [0.4, 0.5) is 5.13 Å². The van der Waals surface area contributed by atoms with E-state index >= 15 is 0 Å². The van der Waals surface area contributed by atoms with Gasteiger partial charge in [-0.2, -0.15) is 4.37 Å². The maximum Gasteiger partial charge on any atom is 0.203 e. The van der Waals surface area contributed by atoms with Gasteiger partial charge in [-0.15, -0.1) is 0 Å². The Morgan fingerprint density at radius 2 is 1.94 bits per heavy atom. The number of nitrogens with two attached hydrogens (primary N) is 1. The summed E-state index contributed by atoms with van der Waals surface area (Å²) in [5, 5.41) is 2.63. The fraction of sp³-hybridized carbons (Fsp3) is 0.364. The highest BCUT2D eigenvalue weighted by Crippen LogP contribution is 2.25. The van der Waals surface area contributed by atoms with Crippen LogP contribution in [0.3, 0.4) is 0 Å². The number of methoxy groups -OCH3 is 1. The lowest BCUT2D eigenvalue weighted by molar-refractivity contribution is 0.414. The second kappa shape index (κ2) is 10.2. The minimum atomic E-state index is -3.69. The van der Waals surface area contributed by atoms with E-state index in [4.69, 9.17) is 10.5 Å². The molecule has 166 valence electrons. The number of rotatable bonds is 10. The quantitative estimate of drug-likeness (QED) is 0.474. The van der Waals surface area contributed by atoms with E-state index in [0.29, 0.717) is 29.5 Å². The molecule has 0 aliphatic heterocycles. The molecule has 31 heavy (non-hydrogen) atoms. The van der Waals surface area contributed by atoms with E-state index in [0.717, 1.165) is 17.1 Å². The normalized spacial score (nSPS) is 13.5. The van der Waals surface area contributed by atoms with Crippen LogP contribution >= 0.6 is 11.5 Å². The topological polar surface area (TPSA) is 107 Å². The van der Waals surface area contributed by atoms with Crippen molar-refractivity contribution in [1.29, 1.82) is 0 Å². The molecule has 7 nitrogen and oxygen atoms in total. The lowest BCUT2D eigenvalue weighted by Crippen LogP contribution is -2.36. The molecule has 0 amide bonds. The van der Waals surface area contributed by atoms with Crippen molar-refractivity contribution in [3.63, 3.8) is 0 Å². The van der Waals surface area contributed by atoms with Gasteiger partial charge in [0.1, 0.15) is 16.9 Å².